The highest BCUT2D eigenvalue weighted by Crippen LogP contribution is 2.19. The molecule has 0 bridgehead atoms. The maximum atomic E-state index is 13.2. The van der Waals surface area contributed by atoms with E-state index in [9.17, 15) is 9.18 Å². The predicted octanol–water partition coefficient (Wildman–Crippen LogP) is 3.66. The normalized spacial score (nSPS) is 10.2. The average Bonchev–Trinajstić information content (AvgIpc) is 2.40. The number of nitrogens with one attached hydrogen (secondary N) is 2. The summed E-state index contributed by atoms with van der Waals surface area (Å²) in [5.41, 5.74) is 1.66. The lowest BCUT2D eigenvalue weighted by Gasteiger charge is -2.11. The number of carbonyl (C=O) groups excluding carboxylic acids is 1. The molecule has 0 saturated carbocycles. The summed E-state index contributed by atoms with van der Waals surface area (Å²) in [4.78, 5) is 11.9. The molecule has 0 aliphatic rings. The molecule has 0 atom stereocenters. The van der Waals surface area contributed by atoms with Crippen molar-refractivity contribution < 1.29 is 14.3 Å². The van der Waals surface area contributed by atoms with Gasteiger partial charge in [0.1, 0.15) is 5.82 Å². The van der Waals surface area contributed by atoms with E-state index in [1.165, 1.54) is 12.1 Å². The first-order chi connectivity index (χ1) is 10.1. The second-order valence-electron chi connectivity index (χ2n) is 4.37. The fraction of sp³-hybridized carbons (Fsp3) is 0.133. The van der Waals surface area contributed by atoms with Gasteiger partial charge in [0.15, 0.2) is 0 Å². The van der Waals surface area contributed by atoms with Crippen molar-refractivity contribution in [2.45, 2.75) is 6.42 Å². The van der Waals surface area contributed by atoms with Crippen molar-refractivity contribution in [2.24, 2.45) is 0 Å². The van der Waals surface area contributed by atoms with E-state index in [4.69, 9.17) is 16.7 Å². The Bertz CT molecular complexity index is 629. The van der Waals surface area contributed by atoms with Crippen LogP contribution < -0.4 is 10.6 Å². The standard InChI is InChI=1S/C15H14ClFN2O2/c16-11-7-12(17)9-13(8-11)18-15(21)19-14-4-2-1-3-10(14)5-6-20/h1-4,7-9,20H,5-6H2,(H2,18,19,21). The quantitative estimate of drug-likeness (QED) is 0.807. The van der Waals surface area contributed by atoms with Crippen molar-refractivity contribution in [3.8, 4) is 0 Å². The Morgan fingerprint density at radius 1 is 1.19 bits per heavy atom. The minimum atomic E-state index is -0.529. The van der Waals surface area contributed by atoms with E-state index >= 15 is 0 Å². The zero-order chi connectivity index (χ0) is 15.2. The molecule has 2 amide bonds. The minimum absolute atomic E-state index is 0.0141. The van der Waals surface area contributed by atoms with Gasteiger partial charge < -0.3 is 15.7 Å². The Hall–Kier alpha value is -2.11. The molecule has 0 aliphatic heterocycles. The maximum Gasteiger partial charge on any atom is 0.323 e. The van der Waals surface area contributed by atoms with Crippen LogP contribution in [0.25, 0.3) is 0 Å². The van der Waals surface area contributed by atoms with Crippen molar-refractivity contribution in [3.63, 3.8) is 0 Å². The van der Waals surface area contributed by atoms with E-state index in [-0.39, 0.29) is 17.3 Å². The Morgan fingerprint density at radius 3 is 2.67 bits per heavy atom. The molecular formula is C15H14ClFN2O2. The van der Waals surface area contributed by atoms with E-state index < -0.39 is 11.8 Å². The van der Waals surface area contributed by atoms with E-state index in [0.29, 0.717) is 12.1 Å². The van der Waals surface area contributed by atoms with Crippen molar-refractivity contribution >= 4 is 29.0 Å². The third kappa shape index (κ3) is 4.44. The minimum Gasteiger partial charge on any atom is -0.396 e. The highest BCUT2D eigenvalue weighted by molar-refractivity contribution is 6.30. The van der Waals surface area contributed by atoms with Crippen LogP contribution in [0.15, 0.2) is 42.5 Å². The highest BCUT2D eigenvalue weighted by atomic mass is 35.5. The highest BCUT2D eigenvalue weighted by Gasteiger charge is 2.07. The summed E-state index contributed by atoms with van der Waals surface area (Å²) in [7, 11) is 0. The Morgan fingerprint density at radius 2 is 1.95 bits per heavy atom. The van der Waals surface area contributed by atoms with Crippen molar-refractivity contribution in [2.75, 3.05) is 17.2 Å². The Balaban J connectivity index is 2.08. The predicted molar refractivity (Wildman–Crippen MR) is 81.3 cm³/mol. The number of urea groups is 1. The van der Waals surface area contributed by atoms with Gasteiger partial charge in [-0.2, -0.15) is 0 Å². The lowest BCUT2D eigenvalue weighted by atomic mass is 10.1. The number of carbonyl (C=O) groups is 1. The number of hydrogen-bond acceptors (Lipinski definition) is 2. The number of benzene rings is 2. The number of hydrogen-bond donors (Lipinski definition) is 3. The van der Waals surface area contributed by atoms with E-state index in [1.54, 1.807) is 12.1 Å². The molecule has 0 aliphatic carbocycles. The smallest absolute Gasteiger partial charge is 0.323 e. The second kappa shape index (κ2) is 7.06. The van der Waals surface area contributed by atoms with Crippen molar-refractivity contribution in [1.29, 1.82) is 0 Å². The molecule has 0 unspecified atom stereocenters. The van der Waals surface area contributed by atoms with Crippen LogP contribution in [0, 0.1) is 5.82 Å². The molecule has 2 aromatic rings. The molecular weight excluding hydrogens is 295 g/mol. The second-order valence-corrected chi connectivity index (χ2v) is 4.80. The summed E-state index contributed by atoms with van der Waals surface area (Å²) in [6.45, 7) is -0.0141. The van der Waals surface area contributed by atoms with Gasteiger partial charge in [0.05, 0.1) is 0 Å². The number of anilines is 2. The van der Waals surface area contributed by atoms with Gasteiger partial charge in [0.2, 0.25) is 0 Å². The maximum absolute atomic E-state index is 13.2. The fourth-order valence-corrected chi connectivity index (χ4v) is 2.11. The summed E-state index contributed by atoms with van der Waals surface area (Å²) in [5.74, 6) is -0.529. The third-order valence-electron chi connectivity index (χ3n) is 2.77. The van der Waals surface area contributed by atoms with Crippen molar-refractivity contribution in [3.05, 3.63) is 58.9 Å². The molecule has 0 heterocycles. The summed E-state index contributed by atoms with van der Waals surface area (Å²) < 4.78 is 13.2. The van der Waals surface area contributed by atoms with Crippen LogP contribution in [-0.2, 0) is 6.42 Å². The summed E-state index contributed by atoms with van der Waals surface area (Å²) in [5, 5.41) is 14.4. The number of halogens is 2. The van der Waals surface area contributed by atoms with E-state index in [0.717, 1.165) is 11.6 Å². The summed E-state index contributed by atoms with van der Waals surface area (Å²) >= 11 is 5.72. The molecule has 21 heavy (non-hydrogen) atoms. The monoisotopic (exact) mass is 308 g/mol. The molecule has 0 fully saturated rings. The number of rotatable bonds is 4. The summed E-state index contributed by atoms with van der Waals surface area (Å²) in [6.07, 6.45) is 0.433. The lowest BCUT2D eigenvalue weighted by molar-refractivity contribution is 0.262. The molecule has 0 radical (unpaired) electrons. The van der Waals surface area contributed by atoms with Crippen LogP contribution in [0.3, 0.4) is 0 Å². The Labute approximate surface area is 126 Å². The Kier molecular flexibility index (Phi) is 5.14. The largest absolute Gasteiger partial charge is 0.396 e. The van der Waals surface area contributed by atoms with Crippen LogP contribution in [0.5, 0.6) is 0 Å². The van der Waals surface area contributed by atoms with Gasteiger partial charge in [-0.25, -0.2) is 9.18 Å². The van der Waals surface area contributed by atoms with Gasteiger partial charge in [-0.05, 0) is 36.2 Å². The molecule has 6 heteroatoms. The van der Waals surface area contributed by atoms with Crippen LogP contribution in [0.1, 0.15) is 5.56 Å². The number of aliphatic hydroxyl groups excluding tert-OH is 1. The van der Waals surface area contributed by atoms with Gasteiger partial charge in [-0.1, -0.05) is 29.8 Å². The molecule has 0 saturated heterocycles. The fourth-order valence-electron chi connectivity index (χ4n) is 1.89. The molecule has 0 aromatic heterocycles. The van der Waals surface area contributed by atoms with Crippen LogP contribution in [0.4, 0.5) is 20.6 Å². The van der Waals surface area contributed by atoms with Gasteiger partial charge in [-0.3, -0.25) is 0 Å². The molecule has 2 rings (SSSR count). The number of amides is 2. The van der Waals surface area contributed by atoms with Crippen LogP contribution in [0.2, 0.25) is 5.02 Å². The van der Waals surface area contributed by atoms with E-state index in [1.807, 2.05) is 12.1 Å². The first-order valence-corrected chi connectivity index (χ1v) is 6.69. The zero-order valence-corrected chi connectivity index (χ0v) is 11.8. The van der Waals surface area contributed by atoms with Gasteiger partial charge in [-0.15, -0.1) is 0 Å². The average molecular weight is 309 g/mol. The molecule has 2 aromatic carbocycles. The SMILES string of the molecule is O=C(Nc1cc(F)cc(Cl)c1)Nc1ccccc1CCO. The number of aliphatic hydroxyl groups is 1. The first kappa shape index (κ1) is 15.3. The van der Waals surface area contributed by atoms with Gasteiger partial charge in [0, 0.05) is 23.0 Å². The summed E-state index contributed by atoms with van der Waals surface area (Å²) in [6, 6.07) is 10.4. The molecule has 3 N–H and O–H groups in total. The molecule has 110 valence electrons. The van der Waals surface area contributed by atoms with Crippen LogP contribution in [-0.4, -0.2) is 17.7 Å². The topological polar surface area (TPSA) is 61.4 Å². The zero-order valence-electron chi connectivity index (χ0n) is 11.1. The van der Waals surface area contributed by atoms with E-state index in [2.05, 4.69) is 10.6 Å². The first-order valence-electron chi connectivity index (χ1n) is 6.31. The van der Waals surface area contributed by atoms with Gasteiger partial charge in [0.25, 0.3) is 0 Å². The van der Waals surface area contributed by atoms with Crippen LogP contribution >= 0.6 is 11.6 Å². The third-order valence-corrected chi connectivity index (χ3v) is 2.99. The number of para-hydroxylation sites is 1. The van der Waals surface area contributed by atoms with Gasteiger partial charge >= 0.3 is 6.03 Å². The van der Waals surface area contributed by atoms with Crippen molar-refractivity contribution in [1.82, 2.24) is 0 Å². The lowest BCUT2D eigenvalue weighted by Crippen LogP contribution is -2.20. The molecule has 0 spiro atoms. The molecule has 4 nitrogen and oxygen atoms in total.